The molecule has 1 aromatic heterocycles. The first-order valence-corrected chi connectivity index (χ1v) is 11.2. The van der Waals surface area contributed by atoms with E-state index in [2.05, 4.69) is 0 Å². The summed E-state index contributed by atoms with van der Waals surface area (Å²) < 4.78 is 24.9. The number of hydrogen-bond donors (Lipinski definition) is 1. The number of allylic oxidation sites excluding steroid dienone is 1. The van der Waals surface area contributed by atoms with Gasteiger partial charge >= 0.3 is 5.97 Å². The maximum absolute atomic E-state index is 12.5. The molecular formula is C20H21NO4S2. The van der Waals surface area contributed by atoms with E-state index < -0.39 is 15.8 Å². The maximum atomic E-state index is 12.5. The van der Waals surface area contributed by atoms with Crippen molar-refractivity contribution in [3.05, 3.63) is 76.1 Å². The fourth-order valence-electron chi connectivity index (χ4n) is 3.09. The van der Waals surface area contributed by atoms with Crippen LogP contribution in [0.15, 0.2) is 76.2 Å². The Bertz CT molecular complexity index is 945. The fraction of sp³-hybridized carbons (Fsp3) is 0.250. The molecular weight excluding hydrogens is 382 g/mol. The third-order valence-corrected chi connectivity index (χ3v) is 7.07. The van der Waals surface area contributed by atoms with Crippen molar-refractivity contribution in [1.82, 2.24) is 4.90 Å². The third-order valence-electron chi connectivity index (χ3n) is 4.39. The van der Waals surface area contributed by atoms with Crippen molar-refractivity contribution in [3.8, 4) is 0 Å². The molecule has 0 spiro atoms. The van der Waals surface area contributed by atoms with Crippen LogP contribution >= 0.6 is 11.3 Å². The summed E-state index contributed by atoms with van der Waals surface area (Å²) in [6, 6.07) is 12.3. The fourth-order valence-corrected chi connectivity index (χ4v) is 5.14. The minimum atomic E-state index is -3.37. The number of nitrogens with zero attached hydrogens (tertiary/aromatic N) is 1. The van der Waals surface area contributed by atoms with Crippen LogP contribution in [-0.4, -0.2) is 36.7 Å². The molecule has 0 amide bonds. The van der Waals surface area contributed by atoms with Crippen LogP contribution in [0.1, 0.15) is 17.7 Å². The van der Waals surface area contributed by atoms with Gasteiger partial charge in [-0.05, 0) is 42.5 Å². The maximum Gasteiger partial charge on any atom is 0.337 e. The quantitative estimate of drug-likeness (QED) is 0.727. The molecule has 142 valence electrons. The Hall–Kier alpha value is -2.38. The molecule has 0 atom stereocenters. The molecule has 3 rings (SSSR count). The number of thiophene rings is 1. The molecule has 0 saturated carbocycles. The number of aliphatic carboxylic acids is 1. The van der Waals surface area contributed by atoms with Crippen molar-refractivity contribution in [2.75, 3.05) is 12.3 Å². The first-order valence-electron chi connectivity index (χ1n) is 8.65. The number of rotatable bonds is 8. The summed E-state index contributed by atoms with van der Waals surface area (Å²) in [5.41, 5.74) is 0.941. The van der Waals surface area contributed by atoms with Gasteiger partial charge in [0.05, 0.1) is 22.8 Å². The summed E-state index contributed by atoms with van der Waals surface area (Å²) in [6.45, 7) is 1.25. The van der Waals surface area contributed by atoms with E-state index in [-0.39, 0.29) is 11.3 Å². The van der Waals surface area contributed by atoms with Crippen molar-refractivity contribution >= 4 is 27.1 Å². The molecule has 0 aliphatic carbocycles. The first kappa shape index (κ1) is 19.4. The molecule has 2 aromatic rings. The molecule has 5 nitrogen and oxygen atoms in total. The van der Waals surface area contributed by atoms with Gasteiger partial charge in [-0.2, -0.15) is 0 Å². The first-order chi connectivity index (χ1) is 13.0. The number of carboxylic acids is 1. The topological polar surface area (TPSA) is 74.7 Å². The summed E-state index contributed by atoms with van der Waals surface area (Å²) in [5, 5.41) is 11.5. The number of hydrogen-bond acceptors (Lipinski definition) is 5. The molecule has 1 aliphatic rings. The Morgan fingerprint density at radius 1 is 1.15 bits per heavy atom. The molecule has 1 aromatic carbocycles. The Balaban J connectivity index is 1.74. The van der Waals surface area contributed by atoms with Gasteiger partial charge in [-0.15, -0.1) is 11.3 Å². The average molecular weight is 404 g/mol. The van der Waals surface area contributed by atoms with E-state index in [9.17, 15) is 18.3 Å². The third kappa shape index (κ3) is 4.87. The van der Waals surface area contributed by atoms with Crippen molar-refractivity contribution in [3.63, 3.8) is 0 Å². The van der Waals surface area contributed by atoms with E-state index >= 15 is 0 Å². The smallest absolute Gasteiger partial charge is 0.337 e. The lowest BCUT2D eigenvalue weighted by atomic mass is 10.0. The highest BCUT2D eigenvalue weighted by Gasteiger charge is 2.22. The highest BCUT2D eigenvalue weighted by atomic mass is 32.2. The number of sulfone groups is 1. The van der Waals surface area contributed by atoms with Crippen molar-refractivity contribution < 1.29 is 18.3 Å². The lowest BCUT2D eigenvalue weighted by Crippen LogP contribution is -2.28. The largest absolute Gasteiger partial charge is 0.478 e. The van der Waals surface area contributed by atoms with Gasteiger partial charge in [0.25, 0.3) is 0 Å². The highest BCUT2D eigenvalue weighted by molar-refractivity contribution is 7.91. The van der Waals surface area contributed by atoms with E-state index in [1.807, 2.05) is 28.5 Å². The van der Waals surface area contributed by atoms with Crippen LogP contribution < -0.4 is 0 Å². The van der Waals surface area contributed by atoms with Crippen LogP contribution in [0, 0.1) is 0 Å². The monoisotopic (exact) mass is 403 g/mol. The number of carbonyl (C=O) groups is 1. The molecule has 7 heteroatoms. The standard InChI is InChI=1S/C20H21NO4S2/c22-20(23)18-10-4-12-21(15-16-7-5-13-26-16)19(18)11-6-14-27(24,25)17-8-2-1-3-9-17/h1-5,7-10,13H,6,11-12,14-15H2,(H,22,23). The summed E-state index contributed by atoms with van der Waals surface area (Å²) in [4.78, 5) is 15.1. The van der Waals surface area contributed by atoms with E-state index in [0.717, 1.165) is 4.88 Å². The summed E-state index contributed by atoms with van der Waals surface area (Å²) in [7, 11) is -3.37. The van der Waals surface area contributed by atoms with Crippen LogP contribution in [-0.2, 0) is 21.2 Å². The van der Waals surface area contributed by atoms with E-state index in [1.54, 1.807) is 47.7 Å². The minimum absolute atomic E-state index is 0.00995. The zero-order valence-corrected chi connectivity index (χ0v) is 16.4. The Kier molecular flexibility index (Phi) is 6.13. The molecule has 0 bridgehead atoms. The second kappa shape index (κ2) is 8.54. The Labute approximate surface area is 163 Å². The van der Waals surface area contributed by atoms with Gasteiger partial charge in [0.1, 0.15) is 0 Å². The van der Waals surface area contributed by atoms with Crippen molar-refractivity contribution in [1.29, 1.82) is 0 Å². The van der Waals surface area contributed by atoms with Gasteiger partial charge in [0.2, 0.25) is 0 Å². The van der Waals surface area contributed by atoms with Crippen LogP contribution in [0.5, 0.6) is 0 Å². The summed E-state index contributed by atoms with van der Waals surface area (Å²) >= 11 is 1.62. The van der Waals surface area contributed by atoms with Crippen LogP contribution in [0.3, 0.4) is 0 Å². The SMILES string of the molecule is O=C(O)C1=C(CCCS(=O)(=O)c2ccccc2)N(Cc2cccs2)CC=C1. The normalized spacial score (nSPS) is 14.6. The minimum Gasteiger partial charge on any atom is -0.478 e. The number of carboxylic acid groups (broad SMARTS) is 1. The van der Waals surface area contributed by atoms with Gasteiger partial charge in [-0.1, -0.05) is 30.3 Å². The lowest BCUT2D eigenvalue weighted by molar-refractivity contribution is -0.132. The van der Waals surface area contributed by atoms with Gasteiger partial charge in [0.15, 0.2) is 9.84 Å². The molecule has 0 unspecified atom stereocenters. The zero-order valence-electron chi connectivity index (χ0n) is 14.7. The molecule has 0 fully saturated rings. The summed E-state index contributed by atoms with van der Waals surface area (Å²) in [6.07, 6.45) is 4.23. The lowest BCUT2D eigenvalue weighted by Gasteiger charge is -2.30. The van der Waals surface area contributed by atoms with E-state index in [0.29, 0.717) is 36.5 Å². The average Bonchev–Trinajstić information content (AvgIpc) is 3.16. The van der Waals surface area contributed by atoms with Crippen LogP contribution in [0.25, 0.3) is 0 Å². The van der Waals surface area contributed by atoms with Crippen molar-refractivity contribution in [2.24, 2.45) is 0 Å². The second-order valence-corrected chi connectivity index (χ2v) is 9.40. The molecule has 2 heterocycles. The highest BCUT2D eigenvalue weighted by Crippen LogP contribution is 2.26. The molecule has 27 heavy (non-hydrogen) atoms. The molecule has 1 aliphatic heterocycles. The molecule has 0 saturated heterocycles. The Morgan fingerprint density at radius 3 is 2.59 bits per heavy atom. The van der Waals surface area contributed by atoms with Crippen molar-refractivity contribution in [2.45, 2.75) is 24.3 Å². The van der Waals surface area contributed by atoms with E-state index in [4.69, 9.17) is 0 Å². The van der Waals surface area contributed by atoms with Gasteiger partial charge in [-0.25, -0.2) is 13.2 Å². The summed E-state index contributed by atoms with van der Waals surface area (Å²) in [5.74, 6) is -0.993. The van der Waals surface area contributed by atoms with Gasteiger partial charge < -0.3 is 10.0 Å². The van der Waals surface area contributed by atoms with Crippen LogP contribution in [0.4, 0.5) is 0 Å². The zero-order chi connectivity index (χ0) is 19.3. The molecule has 1 N–H and O–H groups in total. The second-order valence-electron chi connectivity index (χ2n) is 6.26. The predicted molar refractivity (Wildman–Crippen MR) is 106 cm³/mol. The molecule has 0 radical (unpaired) electrons. The van der Waals surface area contributed by atoms with Gasteiger partial charge in [0, 0.05) is 17.1 Å². The Morgan fingerprint density at radius 2 is 1.93 bits per heavy atom. The van der Waals surface area contributed by atoms with Gasteiger partial charge in [-0.3, -0.25) is 0 Å². The van der Waals surface area contributed by atoms with E-state index in [1.165, 1.54) is 0 Å². The predicted octanol–water partition coefficient (Wildman–Crippen LogP) is 3.71. The van der Waals surface area contributed by atoms with Crippen LogP contribution in [0.2, 0.25) is 0 Å². The number of benzene rings is 1.